The molecule has 29 heavy (non-hydrogen) atoms. The molecule has 0 radical (unpaired) electrons. The topological polar surface area (TPSA) is 66.6 Å². The molecule has 0 aliphatic heterocycles. The van der Waals surface area contributed by atoms with Gasteiger partial charge in [-0.15, -0.1) is 0 Å². The highest BCUT2D eigenvalue weighted by molar-refractivity contribution is 5.63. The van der Waals surface area contributed by atoms with Crippen LogP contribution >= 0.6 is 0 Å². The molecule has 0 spiro atoms. The molecule has 1 heterocycles. The Labute approximate surface area is 168 Å². The van der Waals surface area contributed by atoms with E-state index in [1.807, 2.05) is 72.8 Å². The largest absolute Gasteiger partial charge is 0.496 e. The summed E-state index contributed by atoms with van der Waals surface area (Å²) in [5, 5.41) is 4.09. The minimum atomic E-state index is 0.361. The van der Waals surface area contributed by atoms with E-state index in [9.17, 15) is 0 Å². The zero-order valence-corrected chi connectivity index (χ0v) is 16.2. The van der Waals surface area contributed by atoms with Crippen molar-refractivity contribution in [1.29, 1.82) is 0 Å². The summed E-state index contributed by atoms with van der Waals surface area (Å²) in [6.45, 7) is 0.361. The molecule has 0 aliphatic carbocycles. The lowest BCUT2D eigenvalue weighted by atomic mass is 10.2. The summed E-state index contributed by atoms with van der Waals surface area (Å²) in [5.41, 5.74) is 2.60. The van der Waals surface area contributed by atoms with Crippen molar-refractivity contribution in [2.45, 2.75) is 6.61 Å². The van der Waals surface area contributed by atoms with Crippen LogP contribution in [0.4, 0.5) is 0 Å². The van der Waals surface area contributed by atoms with Gasteiger partial charge in [0.05, 0.1) is 14.2 Å². The van der Waals surface area contributed by atoms with E-state index in [2.05, 4.69) is 10.1 Å². The average Bonchev–Trinajstić information content (AvgIpc) is 3.28. The van der Waals surface area contributed by atoms with Gasteiger partial charge in [0.1, 0.15) is 12.4 Å². The fraction of sp³-hybridized carbons (Fsp3) is 0.130. The van der Waals surface area contributed by atoms with E-state index in [0.29, 0.717) is 29.8 Å². The zero-order chi connectivity index (χ0) is 20.1. The Kier molecular flexibility index (Phi) is 5.42. The van der Waals surface area contributed by atoms with Crippen LogP contribution in [0.15, 0.2) is 77.3 Å². The Morgan fingerprint density at radius 2 is 1.52 bits per heavy atom. The third-order valence-corrected chi connectivity index (χ3v) is 4.44. The maximum absolute atomic E-state index is 5.95. The Bertz CT molecular complexity index is 1090. The van der Waals surface area contributed by atoms with Gasteiger partial charge in [0.15, 0.2) is 11.5 Å². The fourth-order valence-electron chi connectivity index (χ4n) is 2.94. The summed E-state index contributed by atoms with van der Waals surface area (Å²) < 4.78 is 22.2. The summed E-state index contributed by atoms with van der Waals surface area (Å²) in [5.74, 6) is 2.94. The molecule has 0 atom stereocenters. The smallest absolute Gasteiger partial charge is 0.258 e. The summed E-state index contributed by atoms with van der Waals surface area (Å²) in [6, 6.07) is 22.9. The molecule has 4 rings (SSSR count). The number of nitrogens with zero attached hydrogens (tertiary/aromatic N) is 2. The van der Waals surface area contributed by atoms with Crippen molar-refractivity contribution in [2.75, 3.05) is 14.2 Å². The van der Waals surface area contributed by atoms with Crippen LogP contribution < -0.4 is 14.2 Å². The predicted molar refractivity (Wildman–Crippen MR) is 109 cm³/mol. The highest BCUT2D eigenvalue weighted by Gasteiger charge is 2.14. The van der Waals surface area contributed by atoms with Gasteiger partial charge in [-0.05, 0) is 36.4 Å². The van der Waals surface area contributed by atoms with Crippen molar-refractivity contribution in [3.05, 3.63) is 78.4 Å². The molecule has 1 aromatic heterocycles. The van der Waals surface area contributed by atoms with E-state index < -0.39 is 0 Å². The van der Waals surface area contributed by atoms with Crippen LogP contribution in [0.1, 0.15) is 5.56 Å². The van der Waals surface area contributed by atoms with Crippen molar-refractivity contribution in [2.24, 2.45) is 0 Å². The van der Waals surface area contributed by atoms with Crippen LogP contribution in [-0.2, 0) is 6.61 Å². The third kappa shape index (κ3) is 4.06. The van der Waals surface area contributed by atoms with E-state index in [1.165, 1.54) is 0 Å². The molecule has 0 amide bonds. The van der Waals surface area contributed by atoms with Gasteiger partial charge in [-0.25, -0.2) is 0 Å². The highest BCUT2D eigenvalue weighted by Crippen LogP contribution is 2.33. The molecular weight excluding hydrogens is 368 g/mol. The van der Waals surface area contributed by atoms with Crippen molar-refractivity contribution in [3.8, 4) is 40.1 Å². The van der Waals surface area contributed by atoms with Crippen molar-refractivity contribution >= 4 is 0 Å². The second-order valence-electron chi connectivity index (χ2n) is 6.26. The summed E-state index contributed by atoms with van der Waals surface area (Å²) in [4.78, 5) is 4.48. The standard InChI is InChI=1S/C23H20N2O4/c1-26-19-11-7-6-10-18(19)15-28-20-13-12-17(14-21(20)27-2)22-24-23(29-25-22)16-8-4-3-5-9-16/h3-14H,15H2,1-2H3. The first-order chi connectivity index (χ1) is 14.3. The molecule has 146 valence electrons. The Hall–Kier alpha value is -3.80. The number of rotatable bonds is 7. The number of hydrogen-bond donors (Lipinski definition) is 0. The number of para-hydroxylation sites is 1. The quantitative estimate of drug-likeness (QED) is 0.444. The van der Waals surface area contributed by atoms with Gasteiger partial charge in [0.25, 0.3) is 5.89 Å². The number of aromatic nitrogens is 2. The number of hydrogen-bond acceptors (Lipinski definition) is 6. The van der Waals surface area contributed by atoms with E-state index in [1.54, 1.807) is 14.2 Å². The lowest BCUT2D eigenvalue weighted by Crippen LogP contribution is -2.00. The van der Waals surface area contributed by atoms with Crippen LogP contribution in [0.2, 0.25) is 0 Å². The Balaban J connectivity index is 1.55. The van der Waals surface area contributed by atoms with Gasteiger partial charge < -0.3 is 18.7 Å². The van der Waals surface area contributed by atoms with E-state index in [-0.39, 0.29) is 0 Å². The first-order valence-corrected chi connectivity index (χ1v) is 9.10. The average molecular weight is 388 g/mol. The molecule has 0 bridgehead atoms. The molecule has 4 aromatic rings. The van der Waals surface area contributed by atoms with Crippen LogP contribution in [0, 0.1) is 0 Å². The van der Waals surface area contributed by atoms with Gasteiger partial charge in [0, 0.05) is 16.7 Å². The normalized spacial score (nSPS) is 10.6. The SMILES string of the molecule is COc1ccccc1COc1ccc(-c2noc(-c3ccccc3)n2)cc1OC. The number of ether oxygens (including phenoxy) is 3. The maximum Gasteiger partial charge on any atom is 0.258 e. The fourth-order valence-corrected chi connectivity index (χ4v) is 2.94. The van der Waals surface area contributed by atoms with Crippen LogP contribution in [-0.4, -0.2) is 24.4 Å². The minimum absolute atomic E-state index is 0.361. The zero-order valence-electron chi connectivity index (χ0n) is 16.2. The number of benzene rings is 3. The van der Waals surface area contributed by atoms with Crippen LogP contribution in [0.25, 0.3) is 22.8 Å². The molecule has 6 nitrogen and oxygen atoms in total. The molecule has 0 unspecified atom stereocenters. The van der Waals surface area contributed by atoms with Gasteiger partial charge in [0.2, 0.25) is 5.82 Å². The van der Waals surface area contributed by atoms with Crippen molar-refractivity contribution in [3.63, 3.8) is 0 Å². The van der Waals surface area contributed by atoms with E-state index >= 15 is 0 Å². The van der Waals surface area contributed by atoms with Crippen molar-refractivity contribution in [1.82, 2.24) is 10.1 Å². The molecule has 6 heteroatoms. The predicted octanol–water partition coefficient (Wildman–Crippen LogP) is 5.00. The molecule has 0 saturated heterocycles. The minimum Gasteiger partial charge on any atom is -0.496 e. The lowest BCUT2D eigenvalue weighted by molar-refractivity contribution is 0.278. The third-order valence-electron chi connectivity index (χ3n) is 4.44. The lowest BCUT2D eigenvalue weighted by Gasteiger charge is -2.13. The summed E-state index contributed by atoms with van der Waals surface area (Å²) >= 11 is 0. The highest BCUT2D eigenvalue weighted by atomic mass is 16.5. The molecule has 0 N–H and O–H groups in total. The van der Waals surface area contributed by atoms with Gasteiger partial charge >= 0.3 is 0 Å². The molecule has 3 aromatic carbocycles. The van der Waals surface area contributed by atoms with Gasteiger partial charge in [-0.2, -0.15) is 4.98 Å². The maximum atomic E-state index is 5.95. The molecule has 0 saturated carbocycles. The van der Waals surface area contributed by atoms with Gasteiger partial charge in [-0.1, -0.05) is 41.6 Å². The summed E-state index contributed by atoms with van der Waals surface area (Å²) in [7, 11) is 3.24. The summed E-state index contributed by atoms with van der Waals surface area (Å²) in [6.07, 6.45) is 0. The number of methoxy groups -OCH3 is 2. The Morgan fingerprint density at radius 1 is 0.759 bits per heavy atom. The second-order valence-corrected chi connectivity index (χ2v) is 6.26. The van der Waals surface area contributed by atoms with E-state index in [4.69, 9.17) is 18.7 Å². The first-order valence-electron chi connectivity index (χ1n) is 9.10. The van der Waals surface area contributed by atoms with E-state index in [0.717, 1.165) is 22.4 Å². The second kappa shape index (κ2) is 8.48. The molecular formula is C23H20N2O4. The van der Waals surface area contributed by atoms with Gasteiger partial charge in [-0.3, -0.25) is 0 Å². The molecule has 0 fully saturated rings. The monoisotopic (exact) mass is 388 g/mol. The Morgan fingerprint density at radius 3 is 2.31 bits per heavy atom. The van der Waals surface area contributed by atoms with Crippen LogP contribution in [0.5, 0.6) is 17.2 Å². The molecule has 0 aliphatic rings. The first kappa shape index (κ1) is 18.6. The van der Waals surface area contributed by atoms with Crippen LogP contribution in [0.3, 0.4) is 0 Å². The van der Waals surface area contributed by atoms with Crippen molar-refractivity contribution < 1.29 is 18.7 Å².